The fraction of sp³-hybridized carbons (Fsp3) is 0.381. The Balaban J connectivity index is 1.57. The highest BCUT2D eigenvalue weighted by atomic mass is 32.1. The number of nitrogens with one attached hydrogen (secondary N) is 1. The maximum absolute atomic E-state index is 12.8. The molecule has 10 heteroatoms. The number of carbonyl (C=O) groups excluding carboxylic acids is 1. The first-order chi connectivity index (χ1) is 15.2. The number of carbonyl (C=O) groups is 1. The van der Waals surface area contributed by atoms with Crippen LogP contribution in [0.15, 0.2) is 30.5 Å². The molecule has 0 unspecified atom stereocenters. The Hall–Kier alpha value is -2.95. The third-order valence-electron chi connectivity index (χ3n) is 4.81. The Labute approximate surface area is 183 Å². The normalized spacial score (nSPS) is 13.9. The maximum Gasteiger partial charge on any atom is 0.257 e. The van der Waals surface area contributed by atoms with E-state index in [9.17, 15) is 4.79 Å². The van der Waals surface area contributed by atoms with Gasteiger partial charge in [-0.25, -0.2) is 9.97 Å². The van der Waals surface area contributed by atoms with Crippen LogP contribution in [0.2, 0.25) is 0 Å². The summed E-state index contributed by atoms with van der Waals surface area (Å²) >= 11 is 1.42. The van der Waals surface area contributed by atoms with Crippen LogP contribution < -0.4 is 19.7 Å². The van der Waals surface area contributed by atoms with Crippen LogP contribution in [0, 0.1) is 0 Å². The summed E-state index contributed by atoms with van der Waals surface area (Å²) in [5.74, 6) is 0.747. The molecule has 0 spiro atoms. The average molecular weight is 445 g/mol. The number of hydrogen-bond donors (Lipinski definition) is 1. The number of rotatable bonds is 8. The van der Waals surface area contributed by atoms with Gasteiger partial charge < -0.3 is 23.8 Å². The second kappa shape index (κ2) is 9.90. The zero-order valence-corrected chi connectivity index (χ0v) is 18.2. The molecule has 1 saturated heterocycles. The molecule has 9 nitrogen and oxygen atoms in total. The van der Waals surface area contributed by atoms with E-state index >= 15 is 0 Å². The largest absolute Gasteiger partial charge is 0.494 e. The molecule has 3 aromatic rings. The van der Waals surface area contributed by atoms with E-state index in [1.165, 1.54) is 17.5 Å². The van der Waals surface area contributed by atoms with E-state index in [0.29, 0.717) is 48.8 Å². The minimum absolute atomic E-state index is 0.287. The van der Waals surface area contributed by atoms with Gasteiger partial charge in [0.15, 0.2) is 5.13 Å². The Bertz CT molecular complexity index is 1050. The highest BCUT2D eigenvalue weighted by Gasteiger charge is 2.20. The van der Waals surface area contributed by atoms with Crippen molar-refractivity contribution < 1.29 is 23.7 Å². The number of aromatic nitrogens is 2. The first kappa shape index (κ1) is 21.3. The lowest BCUT2D eigenvalue weighted by Crippen LogP contribution is -2.36. The number of hydrogen-bond acceptors (Lipinski definition) is 9. The number of thiazole rings is 1. The van der Waals surface area contributed by atoms with Gasteiger partial charge in [0.05, 0.1) is 37.3 Å². The smallest absolute Gasteiger partial charge is 0.257 e. The van der Waals surface area contributed by atoms with Crippen molar-refractivity contribution in [3.8, 4) is 11.6 Å². The van der Waals surface area contributed by atoms with Crippen molar-refractivity contribution in [2.75, 3.05) is 64.0 Å². The molecule has 1 aromatic carbocycles. The van der Waals surface area contributed by atoms with E-state index in [2.05, 4.69) is 20.2 Å². The standard InChI is InChI=1S/C21H24N4O5S/c1-27-11-12-30-17-13-14(5-6-22-17)20(26)24-21-23-18-16(28-2)4-3-15(19(18)31-21)25-7-9-29-10-8-25/h3-6,13H,7-12H2,1-2H3,(H,23,24,26). The number of benzene rings is 1. The summed E-state index contributed by atoms with van der Waals surface area (Å²) in [6, 6.07) is 7.16. The van der Waals surface area contributed by atoms with Gasteiger partial charge in [0.2, 0.25) is 5.88 Å². The maximum atomic E-state index is 12.8. The van der Waals surface area contributed by atoms with Gasteiger partial charge in [-0.2, -0.15) is 0 Å². The number of nitrogens with zero attached hydrogens (tertiary/aromatic N) is 3. The molecule has 0 saturated carbocycles. The van der Waals surface area contributed by atoms with Crippen LogP contribution in [-0.4, -0.2) is 69.6 Å². The highest BCUT2D eigenvalue weighted by Crippen LogP contribution is 2.39. The minimum atomic E-state index is -0.287. The van der Waals surface area contributed by atoms with Crippen molar-refractivity contribution in [2.24, 2.45) is 0 Å². The van der Waals surface area contributed by atoms with Gasteiger partial charge in [-0.3, -0.25) is 10.1 Å². The van der Waals surface area contributed by atoms with Gasteiger partial charge in [-0.15, -0.1) is 0 Å². The van der Waals surface area contributed by atoms with Crippen molar-refractivity contribution in [2.45, 2.75) is 0 Å². The number of morpholine rings is 1. The van der Waals surface area contributed by atoms with E-state index in [1.807, 2.05) is 12.1 Å². The van der Waals surface area contributed by atoms with Crippen LogP contribution in [0.3, 0.4) is 0 Å². The minimum Gasteiger partial charge on any atom is -0.494 e. The number of ether oxygens (including phenoxy) is 4. The molecule has 1 aliphatic heterocycles. The average Bonchev–Trinajstić information content (AvgIpc) is 3.23. The summed E-state index contributed by atoms with van der Waals surface area (Å²) in [6.07, 6.45) is 1.54. The van der Waals surface area contributed by atoms with Gasteiger partial charge in [0, 0.05) is 38.0 Å². The lowest BCUT2D eigenvalue weighted by atomic mass is 10.2. The molecule has 4 rings (SSSR count). The Morgan fingerprint density at radius 2 is 2.06 bits per heavy atom. The molecule has 31 heavy (non-hydrogen) atoms. The van der Waals surface area contributed by atoms with Crippen LogP contribution in [0.1, 0.15) is 10.4 Å². The molecule has 0 atom stereocenters. The SMILES string of the molecule is COCCOc1cc(C(=O)Nc2nc3c(OC)ccc(N4CCOCC4)c3s2)ccn1. The Morgan fingerprint density at radius 3 is 2.84 bits per heavy atom. The Morgan fingerprint density at radius 1 is 1.23 bits per heavy atom. The molecule has 1 fully saturated rings. The van der Waals surface area contributed by atoms with Crippen LogP contribution in [-0.2, 0) is 9.47 Å². The van der Waals surface area contributed by atoms with E-state index in [-0.39, 0.29) is 5.91 Å². The van der Waals surface area contributed by atoms with Crippen LogP contribution >= 0.6 is 11.3 Å². The molecule has 3 heterocycles. The number of pyridine rings is 1. The van der Waals surface area contributed by atoms with Gasteiger partial charge >= 0.3 is 0 Å². The lowest BCUT2D eigenvalue weighted by molar-refractivity contribution is 0.102. The highest BCUT2D eigenvalue weighted by molar-refractivity contribution is 7.23. The molecular formula is C21H24N4O5S. The first-order valence-corrected chi connectivity index (χ1v) is 10.7. The topological polar surface area (TPSA) is 95.0 Å². The number of anilines is 2. The summed E-state index contributed by atoms with van der Waals surface area (Å²) in [4.78, 5) is 23.8. The zero-order chi connectivity index (χ0) is 21.6. The second-order valence-electron chi connectivity index (χ2n) is 6.76. The van der Waals surface area contributed by atoms with Gasteiger partial charge in [-0.05, 0) is 18.2 Å². The molecular weight excluding hydrogens is 420 g/mol. The monoisotopic (exact) mass is 444 g/mol. The predicted molar refractivity (Wildman–Crippen MR) is 119 cm³/mol. The third-order valence-corrected chi connectivity index (χ3v) is 5.81. The summed E-state index contributed by atoms with van der Waals surface area (Å²) in [5, 5.41) is 3.38. The summed E-state index contributed by atoms with van der Waals surface area (Å²) in [7, 11) is 3.21. The fourth-order valence-corrected chi connectivity index (χ4v) is 4.29. The first-order valence-electron chi connectivity index (χ1n) is 9.89. The van der Waals surface area contributed by atoms with E-state index in [0.717, 1.165) is 29.0 Å². The molecule has 1 amide bonds. The summed E-state index contributed by atoms with van der Waals surface area (Å²) in [5.41, 5.74) is 2.22. The van der Waals surface area contributed by atoms with Crippen molar-refractivity contribution in [1.29, 1.82) is 0 Å². The van der Waals surface area contributed by atoms with E-state index in [1.54, 1.807) is 26.4 Å². The second-order valence-corrected chi connectivity index (χ2v) is 7.76. The van der Waals surface area contributed by atoms with E-state index < -0.39 is 0 Å². The molecule has 0 aliphatic carbocycles. The summed E-state index contributed by atoms with van der Waals surface area (Å²) in [6.45, 7) is 3.79. The number of methoxy groups -OCH3 is 2. The summed E-state index contributed by atoms with van der Waals surface area (Å²) < 4.78 is 22.4. The molecule has 0 bridgehead atoms. The fourth-order valence-electron chi connectivity index (χ4n) is 3.27. The van der Waals surface area contributed by atoms with Crippen molar-refractivity contribution in [3.05, 3.63) is 36.0 Å². The molecule has 1 aliphatic rings. The number of amides is 1. The van der Waals surface area contributed by atoms with Gasteiger partial charge in [0.1, 0.15) is 17.9 Å². The molecule has 0 radical (unpaired) electrons. The Kier molecular flexibility index (Phi) is 6.80. The predicted octanol–water partition coefficient (Wildman–Crippen LogP) is 2.81. The van der Waals surface area contributed by atoms with E-state index in [4.69, 9.17) is 18.9 Å². The van der Waals surface area contributed by atoms with Crippen LogP contribution in [0.25, 0.3) is 10.2 Å². The molecule has 164 valence electrons. The lowest BCUT2D eigenvalue weighted by Gasteiger charge is -2.29. The van der Waals surface area contributed by atoms with Gasteiger partial charge in [-0.1, -0.05) is 11.3 Å². The van der Waals surface area contributed by atoms with Gasteiger partial charge in [0.25, 0.3) is 5.91 Å². The molecule has 1 N–H and O–H groups in total. The van der Waals surface area contributed by atoms with Crippen LogP contribution in [0.5, 0.6) is 11.6 Å². The molecule has 2 aromatic heterocycles. The zero-order valence-electron chi connectivity index (χ0n) is 17.4. The third kappa shape index (κ3) is 4.87. The quantitative estimate of drug-likeness (QED) is 0.530. The van der Waals surface area contributed by atoms with Crippen molar-refractivity contribution >= 4 is 38.3 Å². The van der Waals surface area contributed by atoms with Crippen molar-refractivity contribution in [3.63, 3.8) is 0 Å². The van der Waals surface area contributed by atoms with Crippen molar-refractivity contribution in [1.82, 2.24) is 9.97 Å². The van der Waals surface area contributed by atoms with Crippen LogP contribution in [0.4, 0.5) is 10.8 Å². The number of fused-ring (bicyclic) bond motifs is 1.